The van der Waals surface area contributed by atoms with Crippen molar-refractivity contribution >= 4 is 5.97 Å². The highest BCUT2D eigenvalue weighted by atomic mass is 19.1. The van der Waals surface area contributed by atoms with Crippen LogP contribution in [0.3, 0.4) is 0 Å². The predicted molar refractivity (Wildman–Crippen MR) is 53.3 cm³/mol. The van der Waals surface area contributed by atoms with Gasteiger partial charge in [0.15, 0.2) is 0 Å². The quantitative estimate of drug-likeness (QED) is 0.808. The number of rotatable bonds is 3. The van der Waals surface area contributed by atoms with E-state index < -0.39 is 17.7 Å². The van der Waals surface area contributed by atoms with Crippen LogP contribution in [0.15, 0.2) is 18.2 Å². The lowest BCUT2D eigenvalue weighted by Gasteiger charge is -2.17. The summed E-state index contributed by atoms with van der Waals surface area (Å²) in [7, 11) is 0. The van der Waals surface area contributed by atoms with Crippen LogP contribution < -0.4 is 0 Å². The van der Waals surface area contributed by atoms with Gasteiger partial charge in [0.25, 0.3) is 0 Å². The van der Waals surface area contributed by atoms with E-state index >= 15 is 0 Å². The van der Waals surface area contributed by atoms with Crippen LogP contribution in [0.25, 0.3) is 0 Å². The molecule has 1 rings (SSSR count). The van der Waals surface area contributed by atoms with Gasteiger partial charge in [-0.2, -0.15) is 0 Å². The van der Waals surface area contributed by atoms with E-state index in [-0.39, 0.29) is 17.2 Å². The number of halogens is 1. The number of aliphatic carboxylic acids is 1. The Morgan fingerprint density at radius 1 is 1.40 bits per heavy atom. The number of phenolic OH excluding ortho intramolecular Hbond substituents is 1. The second-order valence-electron chi connectivity index (χ2n) is 3.77. The number of benzene rings is 1. The summed E-state index contributed by atoms with van der Waals surface area (Å²) in [5.41, 5.74) is 0.107. The molecule has 4 heteroatoms. The van der Waals surface area contributed by atoms with Crippen molar-refractivity contribution in [2.24, 2.45) is 5.92 Å². The maximum absolute atomic E-state index is 13.4. The summed E-state index contributed by atoms with van der Waals surface area (Å²) in [5.74, 6) is -3.04. The van der Waals surface area contributed by atoms with E-state index in [9.17, 15) is 9.18 Å². The Morgan fingerprint density at radius 2 is 2.00 bits per heavy atom. The summed E-state index contributed by atoms with van der Waals surface area (Å²) in [6.07, 6.45) is 0. The zero-order valence-electron chi connectivity index (χ0n) is 8.57. The summed E-state index contributed by atoms with van der Waals surface area (Å²) in [5, 5.41) is 18.0. The Hall–Kier alpha value is -1.58. The molecule has 0 fully saturated rings. The number of carbonyl (C=O) groups is 1. The molecule has 0 amide bonds. The predicted octanol–water partition coefficient (Wildman–Crippen LogP) is 2.36. The Labute approximate surface area is 87.2 Å². The number of phenols is 1. The molecule has 0 heterocycles. The topological polar surface area (TPSA) is 57.5 Å². The third-order valence-electron chi connectivity index (χ3n) is 2.25. The van der Waals surface area contributed by atoms with E-state index in [0.29, 0.717) is 0 Å². The molecule has 1 unspecified atom stereocenters. The largest absolute Gasteiger partial charge is 0.508 e. The third-order valence-corrected chi connectivity index (χ3v) is 2.25. The Balaban J connectivity index is 3.17. The molecule has 0 aromatic heterocycles. The average molecular weight is 212 g/mol. The van der Waals surface area contributed by atoms with E-state index in [2.05, 4.69) is 0 Å². The van der Waals surface area contributed by atoms with Gasteiger partial charge in [-0.3, -0.25) is 4.79 Å². The number of aromatic hydroxyl groups is 1. The van der Waals surface area contributed by atoms with Gasteiger partial charge >= 0.3 is 5.97 Å². The summed E-state index contributed by atoms with van der Waals surface area (Å²) >= 11 is 0. The lowest BCUT2D eigenvalue weighted by Crippen LogP contribution is -2.18. The monoisotopic (exact) mass is 212 g/mol. The van der Waals surface area contributed by atoms with Crippen LogP contribution in [0.4, 0.5) is 4.39 Å². The van der Waals surface area contributed by atoms with Gasteiger partial charge in [0.05, 0.1) is 5.92 Å². The molecule has 0 aliphatic rings. The molecule has 0 aliphatic carbocycles. The fourth-order valence-electron chi connectivity index (χ4n) is 1.55. The van der Waals surface area contributed by atoms with Crippen molar-refractivity contribution in [3.05, 3.63) is 29.6 Å². The van der Waals surface area contributed by atoms with Crippen molar-refractivity contribution in [3.8, 4) is 5.75 Å². The first-order valence-corrected chi connectivity index (χ1v) is 4.64. The van der Waals surface area contributed by atoms with E-state index in [0.717, 1.165) is 6.07 Å². The lowest BCUT2D eigenvalue weighted by atomic mass is 9.88. The van der Waals surface area contributed by atoms with Crippen LogP contribution in [0.5, 0.6) is 5.75 Å². The van der Waals surface area contributed by atoms with Crippen molar-refractivity contribution < 1.29 is 19.4 Å². The van der Waals surface area contributed by atoms with Crippen LogP contribution in [-0.2, 0) is 4.79 Å². The van der Waals surface area contributed by atoms with Crippen molar-refractivity contribution in [1.82, 2.24) is 0 Å². The van der Waals surface area contributed by atoms with Gasteiger partial charge in [-0.1, -0.05) is 19.9 Å². The molecule has 0 bridgehead atoms. The second kappa shape index (κ2) is 4.29. The van der Waals surface area contributed by atoms with E-state index in [1.54, 1.807) is 13.8 Å². The lowest BCUT2D eigenvalue weighted by molar-refractivity contribution is -0.139. The fraction of sp³-hybridized carbons (Fsp3) is 0.364. The smallest absolute Gasteiger partial charge is 0.311 e. The van der Waals surface area contributed by atoms with Gasteiger partial charge in [-0.15, -0.1) is 0 Å². The van der Waals surface area contributed by atoms with Gasteiger partial charge in [-0.25, -0.2) is 4.39 Å². The van der Waals surface area contributed by atoms with Crippen molar-refractivity contribution in [2.75, 3.05) is 0 Å². The number of carboxylic acid groups (broad SMARTS) is 1. The molecule has 1 aromatic carbocycles. The number of hydrogen-bond donors (Lipinski definition) is 2. The van der Waals surface area contributed by atoms with Crippen molar-refractivity contribution in [2.45, 2.75) is 19.8 Å². The maximum atomic E-state index is 13.4. The standard InChI is InChI=1S/C11H13FO3/c1-6(2)10(11(14)15)8-4-3-7(13)5-9(8)12/h3-6,10,13H,1-2H3,(H,14,15). The minimum absolute atomic E-state index is 0.107. The molecule has 0 spiro atoms. The number of hydrogen-bond acceptors (Lipinski definition) is 2. The molecule has 15 heavy (non-hydrogen) atoms. The molecule has 2 N–H and O–H groups in total. The van der Waals surface area contributed by atoms with E-state index in [4.69, 9.17) is 10.2 Å². The number of carboxylic acids is 1. The highest BCUT2D eigenvalue weighted by Crippen LogP contribution is 2.28. The van der Waals surface area contributed by atoms with Crippen LogP contribution >= 0.6 is 0 Å². The van der Waals surface area contributed by atoms with E-state index in [1.807, 2.05) is 0 Å². The minimum Gasteiger partial charge on any atom is -0.508 e. The molecular weight excluding hydrogens is 199 g/mol. The SMILES string of the molecule is CC(C)C(C(=O)O)c1ccc(O)cc1F. The van der Waals surface area contributed by atoms with Gasteiger partial charge in [0.1, 0.15) is 11.6 Å². The molecule has 3 nitrogen and oxygen atoms in total. The van der Waals surface area contributed by atoms with Crippen LogP contribution in [-0.4, -0.2) is 16.2 Å². The zero-order valence-corrected chi connectivity index (χ0v) is 8.57. The van der Waals surface area contributed by atoms with Gasteiger partial charge in [0.2, 0.25) is 0 Å². The van der Waals surface area contributed by atoms with E-state index in [1.165, 1.54) is 12.1 Å². The average Bonchev–Trinajstić information content (AvgIpc) is 2.08. The third kappa shape index (κ3) is 2.46. The molecule has 1 atom stereocenters. The first-order chi connectivity index (χ1) is 6.93. The summed E-state index contributed by atoms with van der Waals surface area (Å²) in [6.45, 7) is 3.43. The minimum atomic E-state index is -1.06. The first-order valence-electron chi connectivity index (χ1n) is 4.64. The molecule has 0 saturated carbocycles. The molecule has 0 saturated heterocycles. The van der Waals surface area contributed by atoms with Crippen LogP contribution in [0.2, 0.25) is 0 Å². The molecule has 0 radical (unpaired) electrons. The second-order valence-corrected chi connectivity index (χ2v) is 3.77. The summed E-state index contributed by atoms with van der Waals surface area (Å²) in [6, 6.07) is 3.52. The van der Waals surface area contributed by atoms with Crippen LogP contribution in [0.1, 0.15) is 25.3 Å². The summed E-state index contributed by atoms with van der Waals surface area (Å²) < 4.78 is 13.4. The highest BCUT2D eigenvalue weighted by Gasteiger charge is 2.26. The Morgan fingerprint density at radius 3 is 2.40 bits per heavy atom. The molecular formula is C11H13FO3. The van der Waals surface area contributed by atoms with Gasteiger partial charge in [0, 0.05) is 11.6 Å². The summed E-state index contributed by atoms with van der Waals surface area (Å²) in [4.78, 5) is 10.9. The van der Waals surface area contributed by atoms with Crippen molar-refractivity contribution in [1.29, 1.82) is 0 Å². The van der Waals surface area contributed by atoms with Crippen LogP contribution in [0, 0.1) is 11.7 Å². The zero-order chi connectivity index (χ0) is 11.6. The Kier molecular flexibility index (Phi) is 3.29. The normalized spacial score (nSPS) is 12.8. The molecule has 1 aromatic rings. The maximum Gasteiger partial charge on any atom is 0.311 e. The highest BCUT2D eigenvalue weighted by molar-refractivity contribution is 5.76. The fourth-order valence-corrected chi connectivity index (χ4v) is 1.55. The van der Waals surface area contributed by atoms with Crippen molar-refractivity contribution in [3.63, 3.8) is 0 Å². The first kappa shape index (κ1) is 11.5. The van der Waals surface area contributed by atoms with Gasteiger partial charge < -0.3 is 10.2 Å². The Bertz CT molecular complexity index is 374. The molecule has 82 valence electrons. The van der Waals surface area contributed by atoms with Gasteiger partial charge in [-0.05, 0) is 12.0 Å². The molecule has 0 aliphatic heterocycles.